The van der Waals surface area contributed by atoms with Crippen LogP contribution in [0.15, 0.2) is 11.4 Å². The molecule has 0 aliphatic carbocycles. The van der Waals surface area contributed by atoms with Crippen molar-refractivity contribution >= 4 is 28.2 Å². The lowest BCUT2D eigenvalue weighted by Crippen LogP contribution is -2.14. The Hall–Kier alpha value is -1.89. The van der Waals surface area contributed by atoms with Gasteiger partial charge in [0.2, 0.25) is 0 Å². The van der Waals surface area contributed by atoms with Gasteiger partial charge in [-0.05, 0) is 6.92 Å². The van der Waals surface area contributed by atoms with Gasteiger partial charge in [-0.3, -0.25) is 9.48 Å². The smallest absolute Gasteiger partial charge is 0.276 e. The molecular formula is C9H11N5OS. The predicted octanol–water partition coefficient (Wildman–Crippen LogP) is 1.02. The van der Waals surface area contributed by atoms with E-state index in [2.05, 4.69) is 15.4 Å². The van der Waals surface area contributed by atoms with E-state index in [-0.39, 0.29) is 5.91 Å². The summed E-state index contributed by atoms with van der Waals surface area (Å²) in [5.74, 6) is 0.352. The number of rotatable bonds is 2. The van der Waals surface area contributed by atoms with Crippen molar-refractivity contribution in [1.29, 1.82) is 0 Å². The summed E-state index contributed by atoms with van der Waals surface area (Å²) >= 11 is 1.24. The summed E-state index contributed by atoms with van der Waals surface area (Å²) in [7, 11) is 1.76. The molecule has 16 heavy (non-hydrogen) atoms. The molecule has 2 rings (SSSR count). The number of nitrogens with zero attached hydrogens (tertiary/aromatic N) is 3. The molecule has 0 aliphatic rings. The van der Waals surface area contributed by atoms with Gasteiger partial charge >= 0.3 is 0 Å². The first-order chi connectivity index (χ1) is 7.56. The molecule has 2 aromatic heterocycles. The zero-order chi connectivity index (χ0) is 11.7. The van der Waals surface area contributed by atoms with Crippen molar-refractivity contribution in [3.8, 4) is 0 Å². The Balaban J connectivity index is 2.16. The van der Waals surface area contributed by atoms with E-state index in [1.807, 2.05) is 6.92 Å². The summed E-state index contributed by atoms with van der Waals surface area (Å²) in [5, 5.41) is 8.83. The third-order valence-electron chi connectivity index (χ3n) is 2.00. The SMILES string of the molecule is Cc1cc(NC(=O)c2csc(N)n2)n(C)n1. The van der Waals surface area contributed by atoms with Crippen LogP contribution in [-0.4, -0.2) is 20.7 Å². The van der Waals surface area contributed by atoms with Crippen LogP contribution >= 0.6 is 11.3 Å². The molecular weight excluding hydrogens is 226 g/mol. The maximum absolute atomic E-state index is 11.7. The van der Waals surface area contributed by atoms with Gasteiger partial charge in [-0.1, -0.05) is 0 Å². The van der Waals surface area contributed by atoms with Crippen molar-refractivity contribution in [3.63, 3.8) is 0 Å². The van der Waals surface area contributed by atoms with Gasteiger partial charge < -0.3 is 11.1 Å². The van der Waals surface area contributed by atoms with Gasteiger partial charge in [0.05, 0.1) is 5.69 Å². The second-order valence-corrected chi connectivity index (χ2v) is 4.21. The highest BCUT2D eigenvalue weighted by Gasteiger charge is 2.12. The molecule has 0 spiro atoms. The van der Waals surface area contributed by atoms with E-state index in [0.717, 1.165) is 5.69 Å². The summed E-state index contributed by atoms with van der Waals surface area (Å²) in [6.45, 7) is 1.86. The first kappa shape index (κ1) is 10.6. The number of nitrogen functional groups attached to an aromatic ring is 1. The number of amides is 1. The third-order valence-corrected chi connectivity index (χ3v) is 2.67. The van der Waals surface area contributed by atoms with Crippen LogP contribution in [0, 0.1) is 6.92 Å². The Morgan fingerprint density at radius 1 is 1.62 bits per heavy atom. The van der Waals surface area contributed by atoms with Gasteiger partial charge in [0, 0.05) is 18.5 Å². The number of carbonyl (C=O) groups excluding carboxylic acids is 1. The predicted molar refractivity (Wildman–Crippen MR) is 62.4 cm³/mol. The number of nitrogens with one attached hydrogen (secondary N) is 1. The van der Waals surface area contributed by atoms with Crippen molar-refractivity contribution in [3.05, 3.63) is 22.8 Å². The van der Waals surface area contributed by atoms with Crippen LogP contribution in [-0.2, 0) is 7.05 Å². The number of carbonyl (C=O) groups is 1. The van der Waals surface area contributed by atoms with Gasteiger partial charge in [-0.25, -0.2) is 4.98 Å². The van der Waals surface area contributed by atoms with Gasteiger partial charge in [0.25, 0.3) is 5.91 Å². The highest BCUT2D eigenvalue weighted by atomic mass is 32.1. The Morgan fingerprint density at radius 3 is 2.88 bits per heavy atom. The molecule has 0 unspecified atom stereocenters. The molecule has 0 saturated heterocycles. The molecule has 0 aliphatic heterocycles. The van der Waals surface area contributed by atoms with Crippen LogP contribution in [0.5, 0.6) is 0 Å². The van der Waals surface area contributed by atoms with Gasteiger partial charge in [-0.2, -0.15) is 5.10 Å². The monoisotopic (exact) mass is 237 g/mol. The maximum Gasteiger partial charge on any atom is 0.276 e. The number of aryl methyl sites for hydroxylation is 2. The molecule has 7 heteroatoms. The van der Waals surface area contributed by atoms with Gasteiger partial charge in [-0.15, -0.1) is 11.3 Å². The van der Waals surface area contributed by atoms with Gasteiger partial charge in [0.1, 0.15) is 11.5 Å². The lowest BCUT2D eigenvalue weighted by molar-refractivity contribution is 0.102. The Kier molecular flexibility index (Phi) is 2.61. The average molecular weight is 237 g/mol. The van der Waals surface area contributed by atoms with Crippen LogP contribution in [0.2, 0.25) is 0 Å². The fraction of sp³-hybridized carbons (Fsp3) is 0.222. The van der Waals surface area contributed by atoms with E-state index in [0.29, 0.717) is 16.6 Å². The zero-order valence-corrected chi connectivity index (χ0v) is 9.71. The second kappa shape index (κ2) is 3.93. The largest absolute Gasteiger partial charge is 0.375 e. The number of nitrogens with two attached hydrogens (primary N) is 1. The zero-order valence-electron chi connectivity index (χ0n) is 8.89. The topological polar surface area (TPSA) is 85.8 Å². The first-order valence-electron chi connectivity index (χ1n) is 4.59. The molecule has 0 radical (unpaired) electrons. The number of hydrogen-bond donors (Lipinski definition) is 2. The second-order valence-electron chi connectivity index (χ2n) is 3.32. The van der Waals surface area contributed by atoms with Crippen LogP contribution in [0.3, 0.4) is 0 Å². The van der Waals surface area contributed by atoms with Crippen molar-refractivity contribution < 1.29 is 4.79 Å². The maximum atomic E-state index is 11.7. The molecule has 0 aromatic carbocycles. The Morgan fingerprint density at radius 2 is 2.38 bits per heavy atom. The van der Waals surface area contributed by atoms with E-state index in [4.69, 9.17) is 5.73 Å². The third kappa shape index (κ3) is 2.03. The summed E-state index contributed by atoms with van der Waals surface area (Å²) in [4.78, 5) is 15.6. The summed E-state index contributed by atoms with van der Waals surface area (Å²) in [6, 6.07) is 1.79. The molecule has 0 bridgehead atoms. The summed E-state index contributed by atoms with van der Waals surface area (Å²) < 4.78 is 1.60. The molecule has 1 amide bonds. The normalized spacial score (nSPS) is 10.4. The minimum absolute atomic E-state index is 0.282. The van der Waals surface area contributed by atoms with E-state index in [1.165, 1.54) is 11.3 Å². The van der Waals surface area contributed by atoms with Crippen molar-refractivity contribution in [2.24, 2.45) is 7.05 Å². The molecule has 3 N–H and O–H groups in total. The number of aromatic nitrogens is 3. The van der Waals surface area contributed by atoms with Crippen molar-refractivity contribution in [2.45, 2.75) is 6.92 Å². The lowest BCUT2D eigenvalue weighted by atomic mass is 10.4. The average Bonchev–Trinajstić information content (AvgIpc) is 2.74. The lowest BCUT2D eigenvalue weighted by Gasteiger charge is -2.02. The molecule has 2 heterocycles. The van der Waals surface area contributed by atoms with E-state index < -0.39 is 0 Å². The fourth-order valence-corrected chi connectivity index (χ4v) is 1.84. The van der Waals surface area contributed by atoms with E-state index in [9.17, 15) is 4.79 Å². The first-order valence-corrected chi connectivity index (χ1v) is 5.47. The van der Waals surface area contributed by atoms with Crippen LogP contribution in [0.4, 0.5) is 10.9 Å². The fourth-order valence-electron chi connectivity index (χ4n) is 1.30. The van der Waals surface area contributed by atoms with Crippen molar-refractivity contribution in [1.82, 2.24) is 14.8 Å². The summed E-state index contributed by atoms with van der Waals surface area (Å²) in [6.07, 6.45) is 0. The Labute approximate surface area is 96.1 Å². The van der Waals surface area contributed by atoms with Crippen LogP contribution in [0.1, 0.15) is 16.2 Å². The standard InChI is InChI=1S/C9H11N5OS/c1-5-3-7(14(2)13-5)12-8(15)6-4-16-9(10)11-6/h3-4H,1-2H3,(H2,10,11)(H,12,15). The minimum atomic E-state index is -0.282. The summed E-state index contributed by atoms with van der Waals surface area (Å²) in [5.41, 5.74) is 6.62. The number of hydrogen-bond acceptors (Lipinski definition) is 5. The van der Waals surface area contributed by atoms with Crippen molar-refractivity contribution in [2.75, 3.05) is 11.1 Å². The van der Waals surface area contributed by atoms with E-state index >= 15 is 0 Å². The highest BCUT2D eigenvalue weighted by molar-refractivity contribution is 7.13. The minimum Gasteiger partial charge on any atom is -0.375 e. The molecule has 0 fully saturated rings. The Bertz CT molecular complexity index is 530. The molecule has 0 atom stereocenters. The molecule has 0 saturated carbocycles. The molecule has 84 valence electrons. The van der Waals surface area contributed by atoms with Gasteiger partial charge in [0.15, 0.2) is 5.13 Å². The van der Waals surface area contributed by atoms with E-state index in [1.54, 1.807) is 23.2 Å². The van der Waals surface area contributed by atoms with Crippen LogP contribution in [0.25, 0.3) is 0 Å². The van der Waals surface area contributed by atoms with Crippen LogP contribution < -0.4 is 11.1 Å². The molecule has 2 aromatic rings. The highest BCUT2D eigenvalue weighted by Crippen LogP contribution is 2.14. The number of anilines is 2. The quantitative estimate of drug-likeness (QED) is 0.816. The molecule has 6 nitrogen and oxygen atoms in total. The number of thiazole rings is 1.